The molecule has 5 nitrogen and oxygen atoms in total. The van der Waals surface area contributed by atoms with Gasteiger partial charge in [0.1, 0.15) is 6.10 Å². The Bertz CT molecular complexity index is 378. The van der Waals surface area contributed by atoms with Crippen LogP contribution in [-0.2, 0) is 4.74 Å². The SMILES string of the molecule is COC(c1noc(C2CC(C)CCN2)n1)C(C)C. The Kier molecular flexibility index (Phi) is 4.35. The van der Waals surface area contributed by atoms with Crippen molar-refractivity contribution >= 4 is 0 Å². The van der Waals surface area contributed by atoms with Crippen molar-refractivity contribution in [3.05, 3.63) is 11.7 Å². The first-order valence-electron chi connectivity index (χ1n) is 6.71. The number of piperidine rings is 1. The zero-order valence-corrected chi connectivity index (χ0v) is 11.6. The van der Waals surface area contributed by atoms with Crippen molar-refractivity contribution < 1.29 is 9.26 Å². The molecule has 0 aliphatic carbocycles. The van der Waals surface area contributed by atoms with E-state index in [1.54, 1.807) is 7.11 Å². The third-order valence-electron chi connectivity index (χ3n) is 3.54. The third-order valence-corrected chi connectivity index (χ3v) is 3.54. The Hall–Kier alpha value is -0.940. The van der Waals surface area contributed by atoms with Crippen LogP contribution >= 0.6 is 0 Å². The molecule has 0 bridgehead atoms. The number of hydrogen-bond donors (Lipinski definition) is 1. The lowest BCUT2D eigenvalue weighted by Crippen LogP contribution is -2.31. The Morgan fingerprint density at radius 1 is 1.44 bits per heavy atom. The highest BCUT2D eigenvalue weighted by atomic mass is 16.5. The second kappa shape index (κ2) is 5.80. The van der Waals surface area contributed by atoms with Crippen molar-refractivity contribution in [3.63, 3.8) is 0 Å². The third kappa shape index (κ3) is 2.90. The summed E-state index contributed by atoms with van der Waals surface area (Å²) in [5.41, 5.74) is 0. The van der Waals surface area contributed by atoms with Crippen molar-refractivity contribution in [1.82, 2.24) is 15.5 Å². The topological polar surface area (TPSA) is 60.2 Å². The van der Waals surface area contributed by atoms with Crippen LogP contribution < -0.4 is 5.32 Å². The molecular weight excluding hydrogens is 230 g/mol. The van der Waals surface area contributed by atoms with Gasteiger partial charge in [-0.1, -0.05) is 25.9 Å². The van der Waals surface area contributed by atoms with E-state index in [1.165, 1.54) is 6.42 Å². The Morgan fingerprint density at radius 2 is 2.22 bits per heavy atom. The molecule has 0 aromatic carbocycles. The number of ether oxygens (including phenoxy) is 1. The molecule has 0 saturated carbocycles. The molecule has 1 aliphatic heterocycles. The van der Waals surface area contributed by atoms with Crippen LogP contribution in [0.1, 0.15) is 57.5 Å². The molecule has 0 amide bonds. The van der Waals surface area contributed by atoms with Gasteiger partial charge in [0.25, 0.3) is 0 Å². The molecular formula is C13H23N3O2. The highest BCUT2D eigenvalue weighted by molar-refractivity contribution is 4.98. The number of methoxy groups -OCH3 is 1. The van der Waals surface area contributed by atoms with E-state index < -0.39 is 0 Å². The molecule has 0 radical (unpaired) electrons. The Labute approximate surface area is 108 Å². The highest BCUT2D eigenvalue weighted by Crippen LogP contribution is 2.28. The molecule has 2 rings (SSSR count). The van der Waals surface area contributed by atoms with Crippen LogP contribution in [0.4, 0.5) is 0 Å². The van der Waals surface area contributed by atoms with Gasteiger partial charge in [-0.3, -0.25) is 0 Å². The lowest BCUT2D eigenvalue weighted by Gasteiger charge is -2.25. The van der Waals surface area contributed by atoms with Crippen LogP contribution in [0.15, 0.2) is 4.52 Å². The van der Waals surface area contributed by atoms with E-state index in [-0.39, 0.29) is 12.1 Å². The van der Waals surface area contributed by atoms with E-state index in [4.69, 9.17) is 9.26 Å². The van der Waals surface area contributed by atoms with E-state index in [9.17, 15) is 0 Å². The number of nitrogens with zero attached hydrogens (tertiary/aromatic N) is 2. The molecule has 5 heteroatoms. The Balaban J connectivity index is 2.09. The van der Waals surface area contributed by atoms with E-state index in [1.807, 2.05) is 0 Å². The molecule has 1 aromatic heterocycles. The maximum atomic E-state index is 5.41. The minimum atomic E-state index is -0.0940. The molecule has 1 fully saturated rings. The molecule has 1 aromatic rings. The van der Waals surface area contributed by atoms with Crippen LogP contribution in [-0.4, -0.2) is 23.8 Å². The van der Waals surface area contributed by atoms with Crippen LogP contribution in [0.25, 0.3) is 0 Å². The summed E-state index contributed by atoms with van der Waals surface area (Å²) in [6.45, 7) is 7.45. The molecule has 18 heavy (non-hydrogen) atoms. The zero-order valence-electron chi connectivity index (χ0n) is 11.6. The summed E-state index contributed by atoms with van der Waals surface area (Å²) in [6, 6.07) is 0.194. The fourth-order valence-corrected chi connectivity index (χ4v) is 2.48. The van der Waals surface area contributed by atoms with Gasteiger partial charge in [-0.15, -0.1) is 0 Å². The molecule has 1 N–H and O–H groups in total. The summed E-state index contributed by atoms with van der Waals surface area (Å²) >= 11 is 0. The van der Waals surface area contributed by atoms with Crippen LogP contribution in [0, 0.1) is 11.8 Å². The van der Waals surface area contributed by atoms with E-state index in [0.717, 1.165) is 13.0 Å². The molecule has 3 unspecified atom stereocenters. The fraction of sp³-hybridized carbons (Fsp3) is 0.846. The molecule has 102 valence electrons. The average molecular weight is 253 g/mol. The van der Waals surface area contributed by atoms with E-state index >= 15 is 0 Å². The van der Waals surface area contributed by atoms with Crippen molar-refractivity contribution in [2.75, 3.05) is 13.7 Å². The van der Waals surface area contributed by atoms with E-state index in [0.29, 0.717) is 23.6 Å². The Morgan fingerprint density at radius 3 is 2.83 bits per heavy atom. The maximum absolute atomic E-state index is 5.41. The van der Waals surface area contributed by atoms with Crippen molar-refractivity contribution in [1.29, 1.82) is 0 Å². The van der Waals surface area contributed by atoms with Gasteiger partial charge in [-0.05, 0) is 31.2 Å². The summed E-state index contributed by atoms with van der Waals surface area (Å²) in [5, 5.41) is 7.49. The first-order chi connectivity index (χ1) is 8.61. The monoisotopic (exact) mass is 253 g/mol. The zero-order chi connectivity index (χ0) is 13.1. The largest absolute Gasteiger partial charge is 0.373 e. The number of rotatable bonds is 4. The summed E-state index contributed by atoms with van der Waals surface area (Å²) < 4.78 is 10.8. The second-order valence-corrected chi connectivity index (χ2v) is 5.53. The van der Waals surface area contributed by atoms with Crippen molar-refractivity contribution in [2.45, 2.75) is 45.8 Å². The summed E-state index contributed by atoms with van der Waals surface area (Å²) in [6.07, 6.45) is 2.18. The standard InChI is InChI=1S/C13H23N3O2/c1-8(2)11(17-4)12-15-13(18-16-12)10-7-9(3)5-6-14-10/h8-11,14H,5-7H2,1-4H3. The molecule has 1 aliphatic rings. The molecule has 0 spiro atoms. The van der Waals surface area contributed by atoms with Gasteiger partial charge in [0, 0.05) is 7.11 Å². The molecule has 3 atom stereocenters. The van der Waals surface area contributed by atoms with Crippen molar-refractivity contribution in [3.8, 4) is 0 Å². The van der Waals surface area contributed by atoms with Crippen LogP contribution in [0.3, 0.4) is 0 Å². The predicted molar refractivity (Wildman–Crippen MR) is 68.0 cm³/mol. The van der Waals surface area contributed by atoms with Gasteiger partial charge in [0.05, 0.1) is 6.04 Å². The molecule has 2 heterocycles. The number of nitrogens with one attached hydrogen (secondary N) is 1. The highest BCUT2D eigenvalue weighted by Gasteiger charge is 2.27. The van der Waals surface area contributed by atoms with Crippen molar-refractivity contribution in [2.24, 2.45) is 11.8 Å². The molecule has 1 saturated heterocycles. The quantitative estimate of drug-likeness (QED) is 0.893. The summed E-state index contributed by atoms with van der Waals surface area (Å²) in [4.78, 5) is 4.50. The van der Waals surface area contributed by atoms with Crippen LogP contribution in [0.5, 0.6) is 0 Å². The lowest BCUT2D eigenvalue weighted by atomic mass is 9.94. The fourth-order valence-electron chi connectivity index (χ4n) is 2.48. The van der Waals surface area contributed by atoms with Gasteiger partial charge >= 0.3 is 0 Å². The minimum Gasteiger partial charge on any atom is -0.373 e. The average Bonchev–Trinajstić information content (AvgIpc) is 2.79. The van der Waals surface area contributed by atoms with Gasteiger partial charge < -0.3 is 14.6 Å². The number of hydrogen-bond acceptors (Lipinski definition) is 5. The predicted octanol–water partition coefficient (Wildman–Crippen LogP) is 2.47. The van der Waals surface area contributed by atoms with Gasteiger partial charge in [0.2, 0.25) is 11.7 Å². The van der Waals surface area contributed by atoms with Gasteiger partial charge in [0.15, 0.2) is 0 Å². The lowest BCUT2D eigenvalue weighted by molar-refractivity contribution is 0.0555. The first-order valence-corrected chi connectivity index (χ1v) is 6.71. The van der Waals surface area contributed by atoms with Crippen LogP contribution in [0.2, 0.25) is 0 Å². The summed E-state index contributed by atoms with van der Waals surface area (Å²) in [7, 11) is 1.68. The van der Waals surface area contributed by atoms with E-state index in [2.05, 4.69) is 36.2 Å². The number of aromatic nitrogens is 2. The van der Waals surface area contributed by atoms with Gasteiger partial charge in [-0.25, -0.2) is 0 Å². The first kappa shape index (κ1) is 13.5. The smallest absolute Gasteiger partial charge is 0.243 e. The second-order valence-electron chi connectivity index (χ2n) is 5.53. The maximum Gasteiger partial charge on any atom is 0.243 e. The normalized spacial score (nSPS) is 26.5. The summed E-state index contributed by atoms with van der Waals surface area (Å²) in [5.74, 6) is 2.38. The van der Waals surface area contributed by atoms with Gasteiger partial charge in [-0.2, -0.15) is 4.98 Å². The minimum absolute atomic E-state index is 0.0940.